The van der Waals surface area contributed by atoms with E-state index in [-0.39, 0.29) is 12.4 Å². The van der Waals surface area contributed by atoms with Crippen LogP contribution >= 0.6 is 0 Å². The van der Waals surface area contributed by atoms with Crippen LogP contribution in [-0.4, -0.2) is 25.0 Å². The van der Waals surface area contributed by atoms with E-state index in [1.165, 1.54) is 10.4 Å². The summed E-state index contributed by atoms with van der Waals surface area (Å²) in [6.45, 7) is 1.91. The first-order valence-electron chi connectivity index (χ1n) is 5.74. The molecule has 1 aromatic heterocycles. The second-order valence-electron chi connectivity index (χ2n) is 4.33. The van der Waals surface area contributed by atoms with E-state index in [4.69, 9.17) is 5.84 Å². The van der Waals surface area contributed by atoms with Crippen LogP contribution in [0.3, 0.4) is 0 Å². The van der Waals surface area contributed by atoms with Crippen molar-refractivity contribution in [2.24, 2.45) is 5.10 Å². The molecule has 6 heteroatoms. The van der Waals surface area contributed by atoms with Crippen LogP contribution in [0.15, 0.2) is 41.8 Å². The second-order valence-corrected chi connectivity index (χ2v) is 4.33. The lowest BCUT2D eigenvalue weighted by Crippen LogP contribution is -3.00. The molecule has 0 bridgehead atoms. The van der Waals surface area contributed by atoms with E-state index in [1.807, 2.05) is 45.6 Å². The average molecular weight is 280 g/mol. The van der Waals surface area contributed by atoms with Crippen molar-refractivity contribution < 1.29 is 17.1 Å². The number of imidazole rings is 1. The van der Waals surface area contributed by atoms with Crippen LogP contribution in [0.5, 0.6) is 0 Å². The van der Waals surface area contributed by atoms with Crippen LogP contribution in [0.4, 0.5) is 5.69 Å². The van der Waals surface area contributed by atoms with E-state index in [1.54, 1.807) is 10.9 Å². The second kappa shape index (κ2) is 6.24. The first-order valence-corrected chi connectivity index (χ1v) is 5.74. The summed E-state index contributed by atoms with van der Waals surface area (Å²) in [5.41, 5.74) is 2.22. The van der Waals surface area contributed by atoms with Crippen molar-refractivity contribution in [1.29, 1.82) is 0 Å². The van der Waals surface area contributed by atoms with E-state index in [2.05, 4.69) is 22.1 Å². The molecule has 2 aromatic rings. The Balaban J connectivity index is 0.00000180. The quantitative estimate of drug-likeness (QED) is 0.392. The lowest BCUT2D eigenvalue weighted by molar-refractivity contribution is -0.645. The Morgan fingerprint density at radius 3 is 2.37 bits per heavy atom. The molecule has 19 heavy (non-hydrogen) atoms. The summed E-state index contributed by atoms with van der Waals surface area (Å²) in [6, 6.07) is 8.20. The van der Waals surface area contributed by atoms with Crippen molar-refractivity contribution in [3.05, 3.63) is 48.0 Å². The molecule has 0 amide bonds. The minimum Gasteiger partial charge on any atom is -1.00 e. The Hall–Kier alpha value is -2.01. The molecule has 0 spiro atoms. The maximum Gasteiger partial charge on any atom is 0.301 e. The van der Waals surface area contributed by atoms with Gasteiger partial charge in [-0.05, 0) is 17.7 Å². The van der Waals surface area contributed by atoms with Crippen LogP contribution in [-0.2, 0) is 0 Å². The van der Waals surface area contributed by atoms with Crippen molar-refractivity contribution in [2.75, 3.05) is 24.8 Å². The van der Waals surface area contributed by atoms with Crippen molar-refractivity contribution in [2.45, 2.75) is 6.92 Å². The van der Waals surface area contributed by atoms with Gasteiger partial charge in [-0.2, -0.15) is 0 Å². The Labute approximate surface area is 119 Å². The monoisotopic (exact) mass is 279 g/mol. The van der Waals surface area contributed by atoms with Gasteiger partial charge in [-0.15, -0.1) is 9.35 Å². The van der Waals surface area contributed by atoms with Gasteiger partial charge in [0, 0.05) is 26.7 Å². The van der Waals surface area contributed by atoms with Crippen molar-refractivity contribution in [3.63, 3.8) is 0 Å². The number of benzene rings is 1. The van der Waals surface area contributed by atoms with Gasteiger partial charge in [0.1, 0.15) is 0 Å². The summed E-state index contributed by atoms with van der Waals surface area (Å²) in [5.74, 6) is 6.55. The molecule has 0 saturated carbocycles. The number of nitrogen functional groups attached to an aromatic ring is 1. The zero-order valence-corrected chi connectivity index (χ0v) is 12.0. The first kappa shape index (κ1) is 15.0. The van der Waals surface area contributed by atoms with Gasteiger partial charge < -0.3 is 17.3 Å². The Morgan fingerprint density at radius 2 is 1.89 bits per heavy atom. The van der Waals surface area contributed by atoms with Crippen LogP contribution in [0.2, 0.25) is 0 Å². The standard InChI is InChI=1S/C13H18N5.ClH/c1-11-17(14)8-9-18(11)15-10-12-4-6-13(7-5-12)16(2)3;/h4-10H,14H2,1-3H3;1H/q+1;/p-1/b15-10+;. The SMILES string of the molecule is Cc1n(/N=C/c2ccc(N(C)C)cc2)cc[n+]1N.[Cl-]. The minimum atomic E-state index is 0. The lowest BCUT2D eigenvalue weighted by atomic mass is 10.2. The molecule has 1 heterocycles. The van der Waals surface area contributed by atoms with Crippen molar-refractivity contribution >= 4 is 11.9 Å². The molecule has 0 saturated heterocycles. The van der Waals surface area contributed by atoms with Gasteiger partial charge in [-0.25, -0.2) is 0 Å². The van der Waals surface area contributed by atoms with Crippen LogP contribution in [0.25, 0.3) is 0 Å². The van der Waals surface area contributed by atoms with Crippen molar-refractivity contribution in [1.82, 2.24) is 4.68 Å². The molecule has 0 aliphatic heterocycles. The van der Waals surface area contributed by atoms with E-state index in [9.17, 15) is 0 Å². The number of halogens is 1. The minimum absolute atomic E-state index is 0. The fourth-order valence-electron chi connectivity index (χ4n) is 1.58. The van der Waals surface area contributed by atoms with Gasteiger partial charge in [-0.3, -0.25) is 5.84 Å². The van der Waals surface area contributed by atoms with Crippen LogP contribution < -0.4 is 27.8 Å². The highest BCUT2D eigenvalue weighted by Gasteiger charge is 2.07. The van der Waals surface area contributed by atoms with Crippen molar-refractivity contribution in [3.8, 4) is 0 Å². The number of aromatic nitrogens is 2. The van der Waals surface area contributed by atoms with Gasteiger partial charge in [0.2, 0.25) is 0 Å². The van der Waals surface area contributed by atoms with Crippen LogP contribution in [0, 0.1) is 6.92 Å². The Bertz CT molecular complexity index is 557. The van der Waals surface area contributed by atoms with E-state index in [0.717, 1.165) is 11.4 Å². The number of hydrogen-bond acceptors (Lipinski definition) is 3. The highest BCUT2D eigenvalue weighted by atomic mass is 35.5. The smallest absolute Gasteiger partial charge is 0.301 e. The van der Waals surface area contributed by atoms with Crippen LogP contribution in [0.1, 0.15) is 11.4 Å². The number of rotatable bonds is 3. The third kappa shape index (κ3) is 3.48. The van der Waals surface area contributed by atoms with Gasteiger partial charge in [0.05, 0.1) is 6.21 Å². The molecule has 2 N–H and O–H groups in total. The zero-order chi connectivity index (χ0) is 13.1. The maximum atomic E-state index is 5.68. The van der Waals surface area contributed by atoms with Gasteiger partial charge in [0.15, 0.2) is 12.4 Å². The Kier molecular flexibility index (Phi) is 4.94. The van der Waals surface area contributed by atoms with E-state index < -0.39 is 0 Å². The molecule has 2 rings (SSSR count). The molecule has 1 aromatic carbocycles. The molecule has 0 aliphatic carbocycles. The number of nitrogens with zero attached hydrogens (tertiary/aromatic N) is 4. The summed E-state index contributed by atoms with van der Waals surface area (Å²) in [5, 5.41) is 4.35. The summed E-state index contributed by atoms with van der Waals surface area (Å²) in [6.07, 6.45) is 5.40. The van der Waals surface area contributed by atoms with E-state index in [0.29, 0.717) is 0 Å². The highest BCUT2D eigenvalue weighted by Crippen LogP contribution is 2.10. The predicted molar refractivity (Wildman–Crippen MR) is 73.3 cm³/mol. The number of hydrogen-bond donors (Lipinski definition) is 1. The maximum absolute atomic E-state index is 5.68. The third-order valence-electron chi connectivity index (χ3n) is 2.81. The number of nitrogens with two attached hydrogens (primary N) is 1. The van der Waals surface area contributed by atoms with Gasteiger partial charge in [-0.1, -0.05) is 17.2 Å². The molecule has 5 nitrogen and oxygen atoms in total. The summed E-state index contributed by atoms with van der Waals surface area (Å²) >= 11 is 0. The van der Waals surface area contributed by atoms with Gasteiger partial charge >= 0.3 is 5.82 Å². The molecule has 0 aliphatic rings. The predicted octanol–water partition coefficient (Wildman–Crippen LogP) is -2.25. The molecule has 0 radical (unpaired) electrons. The molecular weight excluding hydrogens is 262 g/mol. The summed E-state index contributed by atoms with van der Waals surface area (Å²) < 4.78 is 3.27. The van der Waals surface area contributed by atoms with E-state index >= 15 is 0 Å². The molecule has 0 atom stereocenters. The Morgan fingerprint density at radius 1 is 1.26 bits per heavy atom. The fourth-order valence-corrected chi connectivity index (χ4v) is 1.58. The topological polar surface area (TPSA) is 50.4 Å². The molecule has 0 unspecified atom stereocenters. The average Bonchev–Trinajstić information content (AvgIpc) is 2.68. The lowest BCUT2D eigenvalue weighted by Gasteiger charge is -2.11. The molecular formula is C13H18ClN5. The zero-order valence-electron chi connectivity index (χ0n) is 11.3. The summed E-state index contributed by atoms with van der Waals surface area (Å²) in [7, 11) is 4.04. The molecule has 102 valence electrons. The van der Waals surface area contributed by atoms with Gasteiger partial charge in [0.25, 0.3) is 0 Å². The summed E-state index contributed by atoms with van der Waals surface area (Å²) in [4.78, 5) is 2.06. The fraction of sp³-hybridized carbons (Fsp3) is 0.231. The largest absolute Gasteiger partial charge is 1.00 e. The third-order valence-corrected chi connectivity index (χ3v) is 2.81. The highest BCUT2D eigenvalue weighted by molar-refractivity contribution is 5.80. The first-order chi connectivity index (χ1) is 8.58. The normalized spacial score (nSPS) is 10.5. The molecule has 0 fully saturated rings. The number of anilines is 1.